The summed E-state index contributed by atoms with van der Waals surface area (Å²) in [5.41, 5.74) is 0.853. The van der Waals surface area contributed by atoms with Crippen LogP contribution < -0.4 is 5.32 Å². The molecule has 1 aliphatic carbocycles. The number of carbonyl (C=O) groups excluding carboxylic acids is 3. The molecule has 1 heterocycles. The van der Waals surface area contributed by atoms with Crippen LogP contribution in [0.1, 0.15) is 80.6 Å². The normalized spacial score (nSPS) is 21.4. The number of nitrogens with one attached hydrogen (secondary N) is 1. The Hall–Kier alpha value is -2.37. The van der Waals surface area contributed by atoms with Gasteiger partial charge in [-0.05, 0) is 37.8 Å². The highest BCUT2D eigenvalue weighted by atomic mass is 16.5. The van der Waals surface area contributed by atoms with Crippen LogP contribution in [0.3, 0.4) is 0 Å². The Morgan fingerprint density at radius 2 is 1.93 bits per heavy atom. The number of hydrogen-bond donors (Lipinski definition) is 1. The average molecular weight is 401 g/mol. The van der Waals surface area contributed by atoms with E-state index in [1.54, 1.807) is 6.92 Å². The van der Waals surface area contributed by atoms with Gasteiger partial charge in [0.2, 0.25) is 5.91 Å². The summed E-state index contributed by atoms with van der Waals surface area (Å²) < 4.78 is 4.78. The maximum atomic E-state index is 13.5. The zero-order chi connectivity index (χ0) is 21.0. The van der Waals surface area contributed by atoms with Crippen LogP contribution in [0.15, 0.2) is 24.3 Å². The molecule has 0 saturated heterocycles. The highest BCUT2D eigenvalue weighted by Crippen LogP contribution is 2.49. The van der Waals surface area contributed by atoms with Gasteiger partial charge in [0.1, 0.15) is 6.04 Å². The first kappa shape index (κ1) is 21.3. The van der Waals surface area contributed by atoms with E-state index in [-0.39, 0.29) is 11.8 Å². The molecule has 1 aromatic carbocycles. The number of esters is 1. The molecule has 0 aromatic heterocycles. The summed E-state index contributed by atoms with van der Waals surface area (Å²) >= 11 is 0. The second kappa shape index (κ2) is 8.97. The molecule has 2 amide bonds. The maximum absolute atomic E-state index is 13.5. The lowest BCUT2D eigenvalue weighted by molar-refractivity contribution is -0.145. The first-order valence-electron chi connectivity index (χ1n) is 10.8. The number of nitrogens with zero attached hydrogens (tertiary/aromatic N) is 1. The fraction of sp³-hybridized carbons (Fsp3) is 0.609. The first-order valence-corrected chi connectivity index (χ1v) is 10.8. The highest BCUT2D eigenvalue weighted by Gasteiger charge is 2.54. The quantitative estimate of drug-likeness (QED) is 0.743. The number of unbranched alkanes of at least 4 members (excludes halogenated alkanes) is 1. The molecule has 1 N–H and O–H groups in total. The number of amides is 2. The van der Waals surface area contributed by atoms with E-state index in [9.17, 15) is 14.4 Å². The molecule has 1 aliphatic heterocycles. The lowest BCUT2D eigenvalue weighted by atomic mass is 9.65. The van der Waals surface area contributed by atoms with E-state index in [1.807, 2.05) is 29.2 Å². The zero-order valence-corrected chi connectivity index (χ0v) is 17.7. The Kier molecular flexibility index (Phi) is 6.60. The van der Waals surface area contributed by atoms with Crippen LogP contribution in [0.25, 0.3) is 0 Å². The summed E-state index contributed by atoms with van der Waals surface area (Å²) in [7, 11) is 1.31. The molecule has 29 heavy (non-hydrogen) atoms. The van der Waals surface area contributed by atoms with Crippen molar-refractivity contribution in [1.29, 1.82) is 0 Å². The molecule has 1 fully saturated rings. The van der Waals surface area contributed by atoms with Gasteiger partial charge in [-0.2, -0.15) is 0 Å². The van der Waals surface area contributed by atoms with Crippen LogP contribution in [0, 0.1) is 0 Å². The lowest BCUT2D eigenvalue weighted by Gasteiger charge is -2.54. The van der Waals surface area contributed by atoms with Gasteiger partial charge >= 0.3 is 5.97 Å². The van der Waals surface area contributed by atoms with Crippen LogP contribution in [-0.4, -0.2) is 47.9 Å². The smallest absolute Gasteiger partial charge is 0.328 e. The third-order valence-corrected chi connectivity index (χ3v) is 6.45. The molecule has 0 radical (unpaired) electrons. The van der Waals surface area contributed by atoms with E-state index in [0.29, 0.717) is 12.1 Å². The number of rotatable bonds is 6. The van der Waals surface area contributed by atoms with Gasteiger partial charge in [-0.25, -0.2) is 4.79 Å². The predicted octanol–water partition coefficient (Wildman–Crippen LogP) is 3.41. The minimum Gasteiger partial charge on any atom is -0.467 e. The molecular formula is C23H32N2O4. The molecule has 1 aromatic rings. The standard InChI is InChI=1S/C23H32N2O4/c1-4-5-15-25-21(27)18-12-8-7-11-17(18)19(23(25)13-9-6-10-14-23)20(26)24-16(2)22(28)29-3/h7-8,11-12,16,19H,4-6,9-10,13-15H2,1-3H3,(H,24,26)/t16-,19?/m0/s1. The largest absolute Gasteiger partial charge is 0.467 e. The lowest BCUT2D eigenvalue weighted by Crippen LogP contribution is -2.63. The molecule has 6 nitrogen and oxygen atoms in total. The minimum absolute atomic E-state index is 0.0287. The monoisotopic (exact) mass is 400 g/mol. The molecule has 3 rings (SSSR count). The first-order chi connectivity index (χ1) is 14.0. The van der Waals surface area contributed by atoms with Crippen molar-refractivity contribution in [1.82, 2.24) is 10.2 Å². The Morgan fingerprint density at radius 3 is 2.59 bits per heavy atom. The van der Waals surface area contributed by atoms with Crippen LogP contribution in [0.5, 0.6) is 0 Å². The third kappa shape index (κ3) is 3.89. The molecule has 1 unspecified atom stereocenters. The number of benzene rings is 1. The highest BCUT2D eigenvalue weighted by molar-refractivity contribution is 6.02. The van der Waals surface area contributed by atoms with Gasteiger partial charge in [-0.1, -0.05) is 50.8 Å². The van der Waals surface area contributed by atoms with E-state index in [4.69, 9.17) is 4.74 Å². The number of fused-ring (bicyclic) bond motifs is 1. The SMILES string of the molecule is CCCCN1C(=O)c2ccccc2C(C(=O)N[C@@H](C)C(=O)OC)C12CCCCC2. The molecule has 2 aliphatic rings. The second-order valence-corrected chi connectivity index (χ2v) is 8.25. The fourth-order valence-corrected chi connectivity index (χ4v) is 5.02. The molecule has 2 atom stereocenters. The van der Waals surface area contributed by atoms with Crippen molar-refractivity contribution in [2.24, 2.45) is 0 Å². The van der Waals surface area contributed by atoms with Crippen LogP contribution in [0.4, 0.5) is 0 Å². The summed E-state index contributed by atoms with van der Waals surface area (Å²) in [6.45, 7) is 4.39. The topological polar surface area (TPSA) is 75.7 Å². The van der Waals surface area contributed by atoms with Crippen molar-refractivity contribution in [3.8, 4) is 0 Å². The average Bonchev–Trinajstić information content (AvgIpc) is 2.73. The molecule has 1 spiro atoms. The van der Waals surface area contributed by atoms with Gasteiger partial charge in [0.15, 0.2) is 0 Å². The van der Waals surface area contributed by atoms with E-state index in [2.05, 4.69) is 12.2 Å². The Bertz CT molecular complexity index is 770. The van der Waals surface area contributed by atoms with Crippen molar-refractivity contribution in [3.05, 3.63) is 35.4 Å². The van der Waals surface area contributed by atoms with Crippen molar-refractivity contribution in [2.75, 3.05) is 13.7 Å². The van der Waals surface area contributed by atoms with Gasteiger partial charge in [0.25, 0.3) is 5.91 Å². The van der Waals surface area contributed by atoms with Gasteiger partial charge in [-0.3, -0.25) is 9.59 Å². The third-order valence-electron chi connectivity index (χ3n) is 6.45. The van der Waals surface area contributed by atoms with Crippen molar-refractivity contribution < 1.29 is 19.1 Å². The fourth-order valence-electron chi connectivity index (χ4n) is 5.02. The summed E-state index contributed by atoms with van der Waals surface area (Å²) in [6.07, 6.45) is 6.61. The second-order valence-electron chi connectivity index (χ2n) is 8.25. The van der Waals surface area contributed by atoms with Gasteiger partial charge in [-0.15, -0.1) is 0 Å². The molecule has 0 bridgehead atoms. The van der Waals surface area contributed by atoms with Gasteiger partial charge in [0, 0.05) is 12.1 Å². The van der Waals surface area contributed by atoms with E-state index >= 15 is 0 Å². The Morgan fingerprint density at radius 1 is 1.24 bits per heavy atom. The minimum atomic E-state index is -0.734. The Labute approximate surface area is 173 Å². The van der Waals surface area contributed by atoms with Crippen molar-refractivity contribution >= 4 is 17.8 Å². The van der Waals surface area contributed by atoms with Gasteiger partial charge < -0.3 is 15.0 Å². The van der Waals surface area contributed by atoms with Crippen molar-refractivity contribution in [2.45, 2.75) is 76.3 Å². The van der Waals surface area contributed by atoms with Gasteiger partial charge in [0.05, 0.1) is 18.6 Å². The van der Waals surface area contributed by atoms with E-state index in [0.717, 1.165) is 50.5 Å². The predicted molar refractivity (Wildman–Crippen MR) is 111 cm³/mol. The molecule has 6 heteroatoms. The number of carbonyl (C=O) groups is 3. The summed E-state index contributed by atoms with van der Waals surface area (Å²) in [5, 5.41) is 2.85. The summed E-state index contributed by atoms with van der Waals surface area (Å²) in [5.74, 6) is -1.13. The van der Waals surface area contributed by atoms with Crippen molar-refractivity contribution in [3.63, 3.8) is 0 Å². The summed E-state index contributed by atoms with van der Waals surface area (Å²) in [4.78, 5) is 40.9. The number of methoxy groups -OCH3 is 1. The van der Waals surface area contributed by atoms with E-state index in [1.165, 1.54) is 7.11 Å². The zero-order valence-electron chi connectivity index (χ0n) is 17.7. The molecule has 1 saturated carbocycles. The molecular weight excluding hydrogens is 368 g/mol. The summed E-state index contributed by atoms with van der Waals surface area (Å²) in [6, 6.07) is 6.71. The Balaban J connectivity index is 2.07. The molecule has 158 valence electrons. The van der Waals surface area contributed by atoms with Crippen LogP contribution in [-0.2, 0) is 14.3 Å². The maximum Gasteiger partial charge on any atom is 0.328 e. The number of hydrogen-bond acceptors (Lipinski definition) is 4. The van der Waals surface area contributed by atoms with Crippen LogP contribution in [0.2, 0.25) is 0 Å². The number of ether oxygens (including phenoxy) is 1. The van der Waals surface area contributed by atoms with Crippen LogP contribution >= 0.6 is 0 Å². The van der Waals surface area contributed by atoms with E-state index < -0.39 is 23.5 Å².